The maximum atomic E-state index is 13.1. The van der Waals surface area contributed by atoms with Crippen LogP contribution in [0.25, 0.3) is 0 Å². The minimum atomic E-state index is -0.173. The quantitative estimate of drug-likeness (QED) is 0.563. The molecule has 6 rings (SSSR count). The Morgan fingerprint density at radius 3 is 2.59 bits per heavy atom. The van der Waals surface area contributed by atoms with Crippen LogP contribution in [0.5, 0.6) is 5.75 Å². The molecule has 6 heteroatoms. The zero-order valence-corrected chi connectivity index (χ0v) is 19.0. The van der Waals surface area contributed by atoms with Crippen LogP contribution < -0.4 is 10.1 Å². The van der Waals surface area contributed by atoms with Crippen LogP contribution in [0.3, 0.4) is 0 Å². The van der Waals surface area contributed by atoms with Crippen molar-refractivity contribution in [1.29, 1.82) is 0 Å². The van der Waals surface area contributed by atoms with Gasteiger partial charge in [0.1, 0.15) is 18.1 Å². The predicted molar refractivity (Wildman–Crippen MR) is 126 cm³/mol. The summed E-state index contributed by atoms with van der Waals surface area (Å²) in [6, 6.07) is 20.0. The third-order valence-corrected chi connectivity index (χ3v) is 6.85. The van der Waals surface area contributed by atoms with E-state index >= 15 is 0 Å². The molecule has 2 saturated carbocycles. The predicted octanol–water partition coefficient (Wildman–Crippen LogP) is 4.63. The zero-order valence-electron chi connectivity index (χ0n) is 19.0. The largest absolute Gasteiger partial charge is 0.486 e. The van der Waals surface area contributed by atoms with E-state index in [0.717, 1.165) is 55.5 Å². The second-order valence-corrected chi connectivity index (χ2v) is 9.53. The van der Waals surface area contributed by atoms with Gasteiger partial charge in [0.25, 0.3) is 5.91 Å². The maximum Gasteiger partial charge on any atom is 0.287 e. The molecule has 1 N–H and O–H groups in total. The zero-order chi connectivity index (χ0) is 23.1. The Bertz CT molecular complexity index is 1210. The van der Waals surface area contributed by atoms with E-state index in [1.165, 1.54) is 5.56 Å². The molecule has 0 spiro atoms. The average molecular weight is 457 g/mol. The topological polar surface area (TPSA) is 71.8 Å². The number of carbonyl (C=O) groups is 2. The lowest BCUT2D eigenvalue weighted by molar-refractivity contribution is -0.134. The molecule has 2 aromatic carbocycles. The molecular weight excluding hydrogens is 428 g/mol. The fourth-order valence-corrected chi connectivity index (χ4v) is 4.70. The van der Waals surface area contributed by atoms with E-state index in [9.17, 15) is 9.59 Å². The molecule has 2 fully saturated rings. The van der Waals surface area contributed by atoms with Gasteiger partial charge in [0, 0.05) is 18.5 Å². The maximum absolute atomic E-state index is 13.1. The van der Waals surface area contributed by atoms with Crippen molar-refractivity contribution < 1.29 is 18.7 Å². The van der Waals surface area contributed by atoms with Crippen molar-refractivity contribution >= 4 is 11.8 Å². The van der Waals surface area contributed by atoms with Gasteiger partial charge in [-0.1, -0.05) is 36.4 Å². The lowest BCUT2D eigenvalue weighted by Gasteiger charge is -2.38. The first-order valence-electron chi connectivity index (χ1n) is 12.2. The van der Waals surface area contributed by atoms with Crippen LogP contribution in [-0.2, 0) is 17.8 Å². The SMILES string of the molecule is O=C(NC1CC1)c1ccc(COc2ccc3c(c2)C(c2ccccc2)N(C(=O)C2CC2)CC3)o1. The van der Waals surface area contributed by atoms with Gasteiger partial charge in [-0.2, -0.15) is 0 Å². The monoisotopic (exact) mass is 456 g/mol. The Morgan fingerprint density at radius 2 is 1.82 bits per heavy atom. The summed E-state index contributed by atoms with van der Waals surface area (Å²) in [5.41, 5.74) is 3.48. The molecular formula is C28H28N2O4. The highest BCUT2D eigenvalue weighted by molar-refractivity contribution is 5.91. The molecule has 1 aromatic heterocycles. The number of hydrogen-bond acceptors (Lipinski definition) is 4. The van der Waals surface area contributed by atoms with Crippen molar-refractivity contribution in [1.82, 2.24) is 10.2 Å². The first kappa shape index (κ1) is 21.0. The molecule has 174 valence electrons. The van der Waals surface area contributed by atoms with E-state index < -0.39 is 0 Å². The molecule has 1 aliphatic heterocycles. The van der Waals surface area contributed by atoms with Crippen molar-refractivity contribution in [3.8, 4) is 5.75 Å². The van der Waals surface area contributed by atoms with Crippen molar-refractivity contribution in [2.75, 3.05) is 6.54 Å². The molecule has 2 heterocycles. The fraction of sp³-hybridized carbons (Fsp3) is 0.357. The van der Waals surface area contributed by atoms with E-state index in [-0.39, 0.29) is 36.4 Å². The number of benzene rings is 2. The summed E-state index contributed by atoms with van der Waals surface area (Å²) in [6.45, 7) is 0.969. The molecule has 1 unspecified atom stereocenters. The second kappa shape index (κ2) is 8.67. The Labute approximate surface area is 198 Å². The number of amides is 2. The van der Waals surface area contributed by atoms with Gasteiger partial charge in [-0.05, 0) is 73.1 Å². The Kier molecular flexibility index (Phi) is 5.36. The van der Waals surface area contributed by atoms with Gasteiger partial charge in [-0.3, -0.25) is 9.59 Å². The molecule has 0 radical (unpaired) electrons. The van der Waals surface area contributed by atoms with Crippen LogP contribution in [0.4, 0.5) is 0 Å². The molecule has 6 nitrogen and oxygen atoms in total. The van der Waals surface area contributed by atoms with Crippen LogP contribution in [0.2, 0.25) is 0 Å². The third kappa shape index (κ3) is 4.32. The number of rotatable bonds is 7. The van der Waals surface area contributed by atoms with Gasteiger partial charge in [-0.25, -0.2) is 0 Å². The number of nitrogens with zero attached hydrogens (tertiary/aromatic N) is 1. The van der Waals surface area contributed by atoms with Crippen molar-refractivity contribution in [2.45, 2.75) is 50.8 Å². The average Bonchev–Trinajstić information content (AvgIpc) is 3.81. The lowest BCUT2D eigenvalue weighted by atomic mass is 9.87. The summed E-state index contributed by atoms with van der Waals surface area (Å²) in [5.74, 6) is 1.91. The van der Waals surface area contributed by atoms with Crippen LogP contribution >= 0.6 is 0 Å². The van der Waals surface area contributed by atoms with E-state index in [0.29, 0.717) is 11.5 Å². The minimum absolute atomic E-state index is 0.108. The highest BCUT2D eigenvalue weighted by Gasteiger charge is 2.39. The summed E-state index contributed by atoms with van der Waals surface area (Å²) < 4.78 is 11.7. The first-order valence-corrected chi connectivity index (χ1v) is 12.2. The Balaban J connectivity index is 1.22. The molecule has 34 heavy (non-hydrogen) atoms. The molecule has 0 saturated heterocycles. The van der Waals surface area contributed by atoms with Crippen molar-refractivity contribution in [3.63, 3.8) is 0 Å². The summed E-state index contributed by atoms with van der Waals surface area (Å²) in [6.07, 6.45) is 4.91. The first-order chi connectivity index (χ1) is 16.7. The number of nitrogens with one attached hydrogen (secondary N) is 1. The molecule has 1 atom stereocenters. The van der Waals surface area contributed by atoms with Gasteiger partial charge < -0.3 is 19.4 Å². The summed E-state index contributed by atoms with van der Waals surface area (Å²) in [7, 11) is 0. The van der Waals surface area contributed by atoms with Crippen molar-refractivity contribution in [3.05, 3.63) is 88.9 Å². The van der Waals surface area contributed by atoms with E-state index in [4.69, 9.17) is 9.15 Å². The number of hydrogen-bond donors (Lipinski definition) is 1. The molecule has 3 aromatic rings. The van der Waals surface area contributed by atoms with Gasteiger partial charge >= 0.3 is 0 Å². The molecule has 0 bridgehead atoms. The fourth-order valence-electron chi connectivity index (χ4n) is 4.70. The van der Waals surface area contributed by atoms with Crippen LogP contribution in [0.15, 0.2) is 65.1 Å². The van der Waals surface area contributed by atoms with Gasteiger partial charge in [0.15, 0.2) is 5.76 Å². The van der Waals surface area contributed by atoms with Gasteiger partial charge in [0.2, 0.25) is 5.91 Å². The van der Waals surface area contributed by atoms with Gasteiger partial charge in [-0.15, -0.1) is 0 Å². The van der Waals surface area contributed by atoms with Crippen LogP contribution in [0, 0.1) is 5.92 Å². The van der Waals surface area contributed by atoms with E-state index in [1.807, 2.05) is 24.3 Å². The molecule has 2 amide bonds. The van der Waals surface area contributed by atoms with Gasteiger partial charge in [0.05, 0.1) is 6.04 Å². The summed E-state index contributed by atoms with van der Waals surface area (Å²) in [5, 5.41) is 2.93. The standard InChI is InChI=1S/C28H28N2O4/c31-27(29-21-9-10-21)25-13-12-23(34-25)17-33-22-11-8-18-14-15-30(28(32)20-6-7-20)26(24(18)16-22)19-4-2-1-3-5-19/h1-5,8,11-13,16,20-21,26H,6-7,9-10,14-15,17H2,(H,29,31). The van der Waals surface area contributed by atoms with E-state index in [2.05, 4.69) is 34.5 Å². The molecule has 2 aliphatic carbocycles. The third-order valence-electron chi connectivity index (χ3n) is 6.85. The number of ether oxygens (including phenoxy) is 1. The normalized spacial score (nSPS) is 19.4. The highest BCUT2D eigenvalue weighted by Crippen LogP contribution is 2.41. The van der Waals surface area contributed by atoms with Crippen molar-refractivity contribution in [2.24, 2.45) is 5.92 Å². The molecule has 3 aliphatic rings. The lowest BCUT2D eigenvalue weighted by Crippen LogP contribution is -2.41. The number of furan rings is 1. The van der Waals surface area contributed by atoms with E-state index in [1.54, 1.807) is 12.1 Å². The van der Waals surface area contributed by atoms with Crippen LogP contribution in [-0.4, -0.2) is 29.3 Å². The Hall–Kier alpha value is -3.54. The summed E-state index contributed by atoms with van der Waals surface area (Å²) >= 11 is 0. The van der Waals surface area contributed by atoms with Crippen LogP contribution in [0.1, 0.15) is 64.7 Å². The highest BCUT2D eigenvalue weighted by atomic mass is 16.5. The summed E-state index contributed by atoms with van der Waals surface area (Å²) in [4.78, 5) is 27.4. The number of carbonyl (C=O) groups excluding carboxylic acids is 2. The Morgan fingerprint density at radius 1 is 1.00 bits per heavy atom. The smallest absolute Gasteiger partial charge is 0.287 e. The number of fused-ring (bicyclic) bond motifs is 1. The second-order valence-electron chi connectivity index (χ2n) is 9.53. The minimum Gasteiger partial charge on any atom is -0.486 e.